The third kappa shape index (κ3) is 3.54. The summed E-state index contributed by atoms with van der Waals surface area (Å²) in [4.78, 5) is 23.6. The number of carbonyl (C=O) groups is 2. The minimum Gasteiger partial charge on any atom is -0.410 e. The van der Waals surface area contributed by atoms with Crippen LogP contribution in [0.25, 0.3) is 22.2 Å². The summed E-state index contributed by atoms with van der Waals surface area (Å²) in [7, 11) is 0. The quantitative estimate of drug-likeness (QED) is 0.504. The molecule has 7 heteroatoms. The number of anilines is 1. The number of H-pyrrole nitrogens is 1. The lowest BCUT2D eigenvalue weighted by atomic mass is 10.0. The van der Waals surface area contributed by atoms with Gasteiger partial charge in [0, 0.05) is 22.2 Å². The Bertz CT molecular complexity index is 1170. The number of nitrogens with one attached hydrogen (secondary N) is 2. The molecule has 0 atom stereocenters. The van der Waals surface area contributed by atoms with Crippen LogP contribution in [-0.2, 0) is 0 Å². The van der Waals surface area contributed by atoms with E-state index in [2.05, 4.69) is 15.5 Å². The van der Waals surface area contributed by atoms with Gasteiger partial charge in [-0.3, -0.25) is 15.2 Å². The third-order valence-corrected chi connectivity index (χ3v) is 4.18. The number of fused-ring (bicyclic) bond motifs is 1. The molecular formula is C21H16N4O3. The van der Waals surface area contributed by atoms with Crippen LogP contribution in [0.1, 0.15) is 10.4 Å². The third-order valence-electron chi connectivity index (χ3n) is 4.18. The zero-order chi connectivity index (χ0) is 19.5. The number of rotatable bonds is 4. The second-order valence-electron chi connectivity index (χ2n) is 6.11. The summed E-state index contributed by atoms with van der Waals surface area (Å²) in [6.07, 6.45) is -0.591. The van der Waals surface area contributed by atoms with Crippen LogP contribution in [0, 0.1) is 0 Å². The van der Waals surface area contributed by atoms with E-state index >= 15 is 0 Å². The highest BCUT2D eigenvalue weighted by Crippen LogP contribution is 2.28. The molecule has 0 saturated carbocycles. The van der Waals surface area contributed by atoms with Gasteiger partial charge in [0.25, 0.3) is 0 Å². The average Bonchev–Trinajstić information content (AvgIpc) is 3.12. The Labute approximate surface area is 160 Å². The van der Waals surface area contributed by atoms with Crippen molar-refractivity contribution in [1.29, 1.82) is 0 Å². The number of hydrogen-bond donors (Lipinski definition) is 3. The molecule has 138 valence electrons. The highest BCUT2D eigenvalue weighted by atomic mass is 16.6. The number of hydrogen-bond acceptors (Lipinski definition) is 4. The van der Waals surface area contributed by atoms with Gasteiger partial charge >= 0.3 is 6.09 Å². The first-order valence-electron chi connectivity index (χ1n) is 8.52. The summed E-state index contributed by atoms with van der Waals surface area (Å²) < 4.78 is 5.24. The van der Waals surface area contributed by atoms with Gasteiger partial charge in [-0.25, -0.2) is 4.79 Å². The van der Waals surface area contributed by atoms with E-state index in [1.54, 1.807) is 60.7 Å². The summed E-state index contributed by atoms with van der Waals surface area (Å²) >= 11 is 0. The van der Waals surface area contributed by atoms with Crippen LogP contribution in [0.15, 0.2) is 72.8 Å². The summed E-state index contributed by atoms with van der Waals surface area (Å²) in [5.74, 6) is -0.0541. The second kappa shape index (κ2) is 7.24. The van der Waals surface area contributed by atoms with E-state index in [-0.39, 0.29) is 0 Å². The summed E-state index contributed by atoms with van der Waals surface area (Å²) in [5.41, 5.74) is 8.53. The molecule has 2 amide bonds. The Morgan fingerprint density at radius 3 is 2.57 bits per heavy atom. The molecule has 3 aromatic carbocycles. The summed E-state index contributed by atoms with van der Waals surface area (Å²) in [5, 5.41) is 10.7. The highest BCUT2D eigenvalue weighted by molar-refractivity contribution is 6.01. The summed E-state index contributed by atoms with van der Waals surface area (Å²) in [6, 6.07) is 21.1. The van der Waals surface area contributed by atoms with Crippen molar-refractivity contribution in [3.05, 3.63) is 78.4 Å². The largest absolute Gasteiger partial charge is 0.417 e. The Hall–Kier alpha value is -4.13. The molecular weight excluding hydrogens is 356 g/mol. The number of primary amides is 1. The number of para-hydroxylation sites is 1. The van der Waals surface area contributed by atoms with Crippen LogP contribution in [0.5, 0.6) is 5.75 Å². The van der Waals surface area contributed by atoms with E-state index in [1.165, 1.54) is 0 Å². The number of aromatic amines is 1. The van der Waals surface area contributed by atoms with Gasteiger partial charge in [-0.1, -0.05) is 30.3 Å². The van der Waals surface area contributed by atoms with E-state index in [0.717, 1.165) is 16.5 Å². The van der Waals surface area contributed by atoms with Crippen LogP contribution in [0.4, 0.5) is 10.5 Å². The van der Waals surface area contributed by atoms with E-state index in [1.807, 2.05) is 12.1 Å². The standard InChI is InChI=1S/C21H16N4O3/c22-20(26)14-9-10-18-17(12-14)19(25-24-18)13-5-4-6-15(11-13)23-21(27)28-16-7-2-1-3-8-16/h1-12H,(H2,22,26)(H,23,27)(H,24,25). The molecule has 0 bridgehead atoms. The molecule has 7 nitrogen and oxygen atoms in total. The van der Waals surface area contributed by atoms with Crippen LogP contribution < -0.4 is 15.8 Å². The van der Waals surface area contributed by atoms with Crippen LogP contribution in [0.2, 0.25) is 0 Å². The Kier molecular flexibility index (Phi) is 4.47. The molecule has 0 spiro atoms. The van der Waals surface area contributed by atoms with E-state index in [4.69, 9.17) is 10.5 Å². The van der Waals surface area contributed by atoms with Gasteiger partial charge in [0.2, 0.25) is 5.91 Å². The number of ether oxygens (including phenoxy) is 1. The van der Waals surface area contributed by atoms with Crippen molar-refractivity contribution in [2.75, 3.05) is 5.32 Å². The number of nitrogens with two attached hydrogens (primary N) is 1. The lowest BCUT2D eigenvalue weighted by Crippen LogP contribution is -2.16. The van der Waals surface area contributed by atoms with Gasteiger partial charge in [0.05, 0.1) is 11.2 Å². The number of carbonyl (C=O) groups excluding carboxylic acids is 2. The molecule has 4 aromatic rings. The predicted octanol–water partition coefficient (Wildman–Crippen LogP) is 3.94. The first-order valence-corrected chi connectivity index (χ1v) is 8.52. The molecule has 0 saturated heterocycles. The molecule has 0 fully saturated rings. The van der Waals surface area contributed by atoms with Gasteiger partial charge < -0.3 is 10.5 Å². The van der Waals surface area contributed by atoms with Crippen molar-refractivity contribution in [3.63, 3.8) is 0 Å². The van der Waals surface area contributed by atoms with Crippen LogP contribution in [-0.4, -0.2) is 22.2 Å². The number of benzene rings is 3. The number of amides is 2. The SMILES string of the molecule is NC(=O)c1ccc2[nH]nc(-c3cccc(NC(=O)Oc4ccccc4)c3)c2c1. The molecule has 1 heterocycles. The smallest absolute Gasteiger partial charge is 0.410 e. The molecule has 1 aromatic heterocycles. The topological polar surface area (TPSA) is 110 Å². The van der Waals surface area contributed by atoms with E-state index in [0.29, 0.717) is 22.7 Å². The van der Waals surface area contributed by atoms with Crippen LogP contribution >= 0.6 is 0 Å². The Morgan fingerprint density at radius 2 is 1.79 bits per heavy atom. The molecule has 0 aliphatic carbocycles. The van der Waals surface area contributed by atoms with Crippen molar-refractivity contribution in [3.8, 4) is 17.0 Å². The minimum absolute atomic E-state index is 0.399. The Balaban J connectivity index is 1.60. The normalized spacial score (nSPS) is 10.6. The molecule has 0 aliphatic heterocycles. The van der Waals surface area contributed by atoms with Gasteiger partial charge in [0.15, 0.2) is 0 Å². The van der Waals surface area contributed by atoms with Crippen molar-refractivity contribution in [1.82, 2.24) is 10.2 Å². The fourth-order valence-corrected chi connectivity index (χ4v) is 2.87. The van der Waals surface area contributed by atoms with Crippen LogP contribution in [0.3, 0.4) is 0 Å². The predicted molar refractivity (Wildman–Crippen MR) is 106 cm³/mol. The molecule has 0 aliphatic rings. The lowest BCUT2D eigenvalue weighted by Gasteiger charge is -2.08. The fourth-order valence-electron chi connectivity index (χ4n) is 2.87. The second-order valence-corrected chi connectivity index (χ2v) is 6.11. The lowest BCUT2D eigenvalue weighted by molar-refractivity contribution is 0.100. The van der Waals surface area contributed by atoms with Gasteiger partial charge in [-0.05, 0) is 42.5 Å². The van der Waals surface area contributed by atoms with Gasteiger partial charge in [0.1, 0.15) is 5.75 Å². The van der Waals surface area contributed by atoms with E-state index < -0.39 is 12.0 Å². The zero-order valence-electron chi connectivity index (χ0n) is 14.7. The average molecular weight is 372 g/mol. The van der Waals surface area contributed by atoms with Crippen molar-refractivity contribution in [2.45, 2.75) is 0 Å². The molecule has 28 heavy (non-hydrogen) atoms. The maximum Gasteiger partial charge on any atom is 0.417 e. The Morgan fingerprint density at radius 1 is 0.964 bits per heavy atom. The molecule has 0 unspecified atom stereocenters. The molecule has 4 N–H and O–H groups in total. The molecule has 0 radical (unpaired) electrons. The van der Waals surface area contributed by atoms with Crippen molar-refractivity contribution in [2.24, 2.45) is 5.73 Å². The monoisotopic (exact) mass is 372 g/mol. The van der Waals surface area contributed by atoms with E-state index in [9.17, 15) is 9.59 Å². The van der Waals surface area contributed by atoms with Gasteiger partial charge in [-0.15, -0.1) is 0 Å². The molecule has 4 rings (SSSR count). The highest BCUT2D eigenvalue weighted by Gasteiger charge is 2.12. The van der Waals surface area contributed by atoms with Crippen molar-refractivity contribution < 1.29 is 14.3 Å². The number of nitrogens with zero attached hydrogens (tertiary/aromatic N) is 1. The van der Waals surface area contributed by atoms with Crippen molar-refractivity contribution >= 4 is 28.6 Å². The number of aromatic nitrogens is 2. The fraction of sp³-hybridized carbons (Fsp3) is 0. The summed E-state index contributed by atoms with van der Waals surface area (Å²) in [6.45, 7) is 0. The maximum absolute atomic E-state index is 12.1. The maximum atomic E-state index is 12.1. The zero-order valence-corrected chi connectivity index (χ0v) is 14.7. The first-order chi connectivity index (χ1) is 13.6. The minimum atomic E-state index is -0.591. The first kappa shape index (κ1) is 17.3. The van der Waals surface area contributed by atoms with Gasteiger partial charge in [-0.2, -0.15) is 5.10 Å².